The van der Waals surface area contributed by atoms with Gasteiger partial charge in [0.05, 0.1) is 0 Å². The summed E-state index contributed by atoms with van der Waals surface area (Å²) < 4.78 is 1.40. The smallest absolute Gasteiger partial charge is 0.273 e. The number of hydrogen-bond donors (Lipinski definition) is 1. The maximum absolute atomic E-state index is 11.9. The van der Waals surface area contributed by atoms with Crippen molar-refractivity contribution in [1.82, 2.24) is 20.0 Å². The Labute approximate surface area is 91.0 Å². The summed E-state index contributed by atoms with van der Waals surface area (Å²) in [4.78, 5) is 35.3. The van der Waals surface area contributed by atoms with Crippen LogP contribution in [0.5, 0.6) is 0 Å². The molecular weight excluding hydrogens is 212 g/mol. The summed E-state index contributed by atoms with van der Waals surface area (Å²) in [7, 11) is 1.62. The molecule has 0 bridgehead atoms. The normalized spacial score (nSPS) is 16.2. The average Bonchev–Trinajstić information content (AvgIpc) is 2.62. The van der Waals surface area contributed by atoms with Gasteiger partial charge >= 0.3 is 0 Å². The van der Waals surface area contributed by atoms with Crippen LogP contribution in [0.2, 0.25) is 0 Å². The second-order valence-corrected chi connectivity index (χ2v) is 3.47. The Morgan fingerprint density at radius 1 is 1.38 bits per heavy atom. The van der Waals surface area contributed by atoms with E-state index >= 15 is 0 Å². The summed E-state index contributed by atoms with van der Waals surface area (Å²) in [5.74, 6) is -1.30. The number of piperazine rings is 1. The van der Waals surface area contributed by atoms with Gasteiger partial charge < -0.3 is 4.90 Å². The minimum absolute atomic E-state index is 0.101. The fraction of sp³-hybridized carbons (Fsp3) is 0.333. The third-order valence-corrected chi connectivity index (χ3v) is 2.28. The predicted octanol–water partition coefficient (Wildman–Crippen LogP) is -1.48. The minimum atomic E-state index is -0.466. The van der Waals surface area contributed by atoms with Crippen molar-refractivity contribution in [1.29, 1.82) is 0 Å². The zero-order chi connectivity index (χ0) is 11.7. The zero-order valence-corrected chi connectivity index (χ0v) is 8.64. The van der Waals surface area contributed by atoms with Crippen LogP contribution in [0.25, 0.3) is 0 Å². The molecule has 1 fully saturated rings. The van der Waals surface area contributed by atoms with Crippen LogP contribution >= 0.6 is 0 Å². The molecular formula is C9H10N4O3. The van der Waals surface area contributed by atoms with Crippen LogP contribution in [0.1, 0.15) is 10.5 Å². The maximum Gasteiger partial charge on any atom is 0.273 e. The first-order valence-corrected chi connectivity index (χ1v) is 4.68. The van der Waals surface area contributed by atoms with Gasteiger partial charge in [0.15, 0.2) is 0 Å². The van der Waals surface area contributed by atoms with Crippen LogP contribution in [0, 0.1) is 0 Å². The van der Waals surface area contributed by atoms with Crippen LogP contribution in [0.15, 0.2) is 12.3 Å². The number of carbonyl (C=O) groups is 3. The molecule has 2 rings (SSSR count). The lowest BCUT2D eigenvalue weighted by atomic mass is 10.3. The Bertz CT molecular complexity index is 449. The molecule has 1 aliphatic heterocycles. The number of imide groups is 1. The fourth-order valence-electron chi connectivity index (χ4n) is 1.53. The van der Waals surface area contributed by atoms with Gasteiger partial charge in [0.2, 0.25) is 11.8 Å². The monoisotopic (exact) mass is 222 g/mol. The topological polar surface area (TPSA) is 84.3 Å². The molecule has 84 valence electrons. The van der Waals surface area contributed by atoms with Gasteiger partial charge in [-0.15, -0.1) is 0 Å². The predicted molar refractivity (Wildman–Crippen MR) is 52.3 cm³/mol. The van der Waals surface area contributed by atoms with E-state index in [2.05, 4.69) is 10.4 Å². The highest BCUT2D eigenvalue weighted by atomic mass is 16.2. The Kier molecular flexibility index (Phi) is 2.43. The molecule has 1 aromatic rings. The zero-order valence-electron chi connectivity index (χ0n) is 8.64. The second kappa shape index (κ2) is 3.76. The number of aryl methyl sites for hydroxylation is 1. The summed E-state index contributed by atoms with van der Waals surface area (Å²) in [6.07, 6.45) is 1.49. The van der Waals surface area contributed by atoms with E-state index in [0.29, 0.717) is 5.69 Å². The Morgan fingerprint density at radius 3 is 2.50 bits per heavy atom. The number of rotatable bonds is 1. The van der Waals surface area contributed by atoms with E-state index in [9.17, 15) is 14.4 Å². The van der Waals surface area contributed by atoms with Crippen molar-refractivity contribution in [3.63, 3.8) is 0 Å². The standard InChI is InChI=1S/C9H10N4O3/c1-12-6(2-3-10-12)9(16)13-4-7(14)11-8(15)5-13/h2-3H,4-5H2,1H3,(H,11,14,15). The lowest BCUT2D eigenvalue weighted by molar-refractivity contribution is -0.135. The SMILES string of the molecule is Cn1nccc1C(=O)N1CC(=O)NC(=O)C1. The van der Waals surface area contributed by atoms with Crippen molar-refractivity contribution in [3.8, 4) is 0 Å². The molecule has 1 aromatic heterocycles. The first kappa shape index (κ1) is 10.3. The van der Waals surface area contributed by atoms with Gasteiger partial charge in [0.25, 0.3) is 5.91 Å². The third-order valence-electron chi connectivity index (χ3n) is 2.28. The summed E-state index contributed by atoms with van der Waals surface area (Å²) in [6, 6.07) is 1.54. The molecule has 0 aromatic carbocycles. The lowest BCUT2D eigenvalue weighted by Crippen LogP contribution is -2.53. The number of aromatic nitrogens is 2. The van der Waals surface area contributed by atoms with Crippen molar-refractivity contribution in [3.05, 3.63) is 18.0 Å². The van der Waals surface area contributed by atoms with Crippen molar-refractivity contribution in [2.24, 2.45) is 7.05 Å². The van der Waals surface area contributed by atoms with Crippen LogP contribution in [-0.2, 0) is 16.6 Å². The maximum atomic E-state index is 11.9. The Balaban J connectivity index is 2.19. The summed E-state index contributed by atoms with van der Waals surface area (Å²) in [5, 5.41) is 5.98. The van der Waals surface area contributed by atoms with E-state index in [0.717, 1.165) is 0 Å². The molecule has 1 saturated heterocycles. The summed E-state index contributed by atoms with van der Waals surface area (Å²) in [5.41, 5.74) is 0.350. The Hall–Kier alpha value is -2.18. The van der Waals surface area contributed by atoms with E-state index in [4.69, 9.17) is 0 Å². The molecule has 0 spiro atoms. The minimum Gasteiger partial charge on any atom is -0.319 e. The average molecular weight is 222 g/mol. The van der Waals surface area contributed by atoms with Crippen molar-refractivity contribution >= 4 is 17.7 Å². The highest BCUT2D eigenvalue weighted by Gasteiger charge is 2.28. The molecule has 1 N–H and O–H groups in total. The third kappa shape index (κ3) is 1.79. The lowest BCUT2D eigenvalue weighted by Gasteiger charge is -2.25. The van der Waals surface area contributed by atoms with Crippen LogP contribution < -0.4 is 5.32 Å². The highest BCUT2D eigenvalue weighted by molar-refractivity contribution is 6.05. The van der Waals surface area contributed by atoms with E-state index in [-0.39, 0.29) is 19.0 Å². The van der Waals surface area contributed by atoms with Gasteiger partial charge in [-0.1, -0.05) is 0 Å². The highest BCUT2D eigenvalue weighted by Crippen LogP contribution is 2.05. The van der Waals surface area contributed by atoms with E-state index in [1.165, 1.54) is 15.8 Å². The molecule has 7 heteroatoms. The first-order chi connectivity index (χ1) is 7.58. The number of nitrogens with one attached hydrogen (secondary N) is 1. The van der Waals surface area contributed by atoms with Crippen molar-refractivity contribution in [2.45, 2.75) is 0 Å². The van der Waals surface area contributed by atoms with Crippen LogP contribution in [0.4, 0.5) is 0 Å². The van der Waals surface area contributed by atoms with Crippen molar-refractivity contribution < 1.29 is 14.4 Å². The first-order valence-electron chi connectivity index (χ1n) is 4.68. The fourth-order valence-corrected chi connectivity index (χ4v) is 1.53. The van der Waals surface area contributed by atoms with Crippen LogP contribution in [-0.4, -0.2) is 45.5 Å². The molecule has 1 aliphatic rings. The van der Waals surface area contributed by atoms with E-state index in [1.807, 2.05) is 0 Å². The van der Waals surface area contributed by atoms with E-state index in [1.54, 1.807) is 13.1 Å². The number of amides is 3. The molecule has 2 heterocycles. The molecule has 0 radical (unpaired) electrons. The largest absolute Gasteiger partial charge is 0.319 e. The van der Waals surface area contributed by atoms with E-state index < -0.39 is 11.8 Å². The van der Waals surface area contributed by atoms with Crippen molar-refractivity contribution in [2.75, 3.05) is 13.1 Å². The molecule has 3 amide bonds. The molecule has 0 atom stereocenters. The molecule has 16 heavy (non-hydrogen) atoms. The number of carbonyl (C=O) groups excluding carboxylic acids is 3. The second-order valence-electron chi connectivity index (χ2n) is 3.47. The Morgan fingerprint density at radius 2 is 2.00 bits per heavy atom. The van der Waals surface area contributed by atoms with Gasteiger partial charge in [-0.05, 0) is 6.07 Å². The summed E-state index contributed by atoms with van der Waals surface area (Å²) >= 11 is 0. The van der Waals surface area contributed by atoms with Gasteiger partial charge in [-0.3, -0.25) is 24.4 Å². The summed E-state index contributed by atoms with van der Waals surface area (Å²) in [6.45, 7) is -0.203. The molecule has 7 nitrogen and oxygen atoms in total. The molecule has 0 saturated carbocycles. The molecule has 0 unspecified atom stereocenters. The molecule has 0 aliphatic carbocycles. The quantitative estimate of drug-likeness (QED) is 0.587. The number of nitrogens with zero attached hydrogens (tertiary/aromatic N) is 3. The van der Waals surface area contributed by atoms with Gasteiger partial charge in [0, 0.05) is 13.2 Å². The van der Waals surface area contributed by atoms with Gasteiger partial charge in [-0.25, -0.2) is 0 Å². The van der Waals surface area contributed by atoms with Gasteiger partial charge in [-0.2, -0.15) is 5.10 Å². The number of hydrogen-bond acceptors (Lipinski definition) is 4. The van der Waals surface area contributed by atoms with Crippen LogP contribution in [0.3, 0.4) is 0 Å². The van der Waals surface area contributed by atoms with Gasteiger partial charge in [0.1, 0.15) is 18.8 Å².